The lowest BCUT2D eigenvalue weighted by Gasteiger charge is -2.38. The van der Waals surface area contributed by atoms with E-state index < -0.39 is 0 Å². The molecule has 1 unspecified atom stereocenters. The third kappa shape index (κ3) is 0.946. The maximum absolute atomic E-state index is 3.28. The average Bonchev–Trinajstić information content (AvgIpc) is 2.95. The fraction of sp³-hybridized carbons (Fsp3) is 0.125. The van der Waals surface area contributed by atoms with Gasteiger partial charge in [-0.25, -0.2) is 0 Å². The Hall–Kier alpha value is -2.22. The van der Waals surface area contributed by atoms with Crippen LogP contribution < -0.4 is 5.32 Å². The van der Waals surface area contributed by atoms with E-state index in [2.05, 4.69) is 71.2 Å². The zero-order valence-corrected chi connectivity index (χ0v) is 10.2. The Morgan fingerprint density at radius 3 is 2.78 bits per heavy atom. The normalized spacial score (nSPS) is 26.4. The van der Waals surface area contributed by atoms with E-state index >= 15 is 0 Å². The number of hydrogen-bond acceptors (Lipinski definition) is 2. The Kier molecular flexibility index (Phi) is 1.72. The van der Waals surface area contributed by atoms with Crippen molar-refractivity contribution < 1.29 is 0 Å². The molecule has 0 aromatic heterocycles. The summed E-state index contributed by atoms with van der Waals surface area (Å²) < 4.78 is 0. The minimum Gasteiger partial charge on any atom is -0.388 e. The van der Waals surface area contributed by atoms with E-state index in [-0.39, 0.29) is 5.54 Å². The van der Waals surface area contributed by atoms with Gasteiger partial charge in [-0.1, -0.05) is 24.3 Å². The van der Waals surface area contributed by atoms with Crippen LogP contribution in [0.4, 0.5) is 0 Å². The fourth-order valence-electron chi connectivity index (χ4n) is 3.21. The van der Waals surface area contributed by atoms with E-state index in [4.69, 9.17) is 0 Å². The molecule has 1 aromatic rings. The number of hydrogen-bond donors (Lipinski definition) is 1. The van der Waals surface area contributed by atoms with Crippen LogP contribution in [0.1, 0.15) is 11.1 Å². The Morgan fingerprint density at radius 1 is 1.06 bits per heavy atom. The Bertz CT molecular complexity index is 649. The molecule has 0 radical (unpaired) electrons. The minimum absolute atomic E-state index is 0.121. The van der Waals surface area contributed by atoms with Gasteiger partial charge in [-0.3, -0.25) is 0 Å². The predicted molar refractivity (Wildman–Crippen MR) is 73.4 cm³/mol. The first-order chi connectivity index (χ1) is 8.86. The third-order valence-electron chi connectivity index (χ3n) is 4.06. The quantitative estimate of drug-likeness (QED) is 0.803. The van der Waals surface area contributed by atoms with Crippen LogP contribution in [0.25, 0.3) is 6.08 Å². The molecule has 2 heteroatoms. The molecule has 18 heavy (non-hydrogen) atoms. The maximum Gasteiger partial charge on any atom is 0.116 e. The highest BCUT2D eigenvalue weighted by atomic mass is 15.2. The van der Waals surface area contributed by atoms with Crippen molar-refractivity contribution in [2.45, 2.75) is 5.54 Å². The summed E-state index contributed by atoms with van der Waals surface area (Å²) in [6.45, 7) is 0. The Morgan fingerprint density at radius 2 is 1.89 bits per heavy atom. The molecule has 1 aliphatic carbocycles. The smallest absolute Gasteiger partial charge is 0.116 e. The molecule has 0 amide bonds. The molecule has 1 atom stereocenters. The second-order valence-corrected chi connectivity index (χ2v) is 4.80. The van der Waals surface area contributed by atoms with Crippen LogP contribution in [-0.4, -0.2) is 11.9 Å². The number of allylic oxidation sites excluding steroid dienone is 1. The van der Waals surface area contributed by atoms with Gasteiger partial charge in [-0.05, 0) is 35.4 Å². The molecule has 1 spiro atoms. The lowest BCUT2D eigenvalue weighted by Crippen LogP contribution is -2.37. The van der Waals surface area contributed by atoms with Gasteiger partial charge in [-0.2, -0.15) is 0 Å². The molecule has 0 saturated heterocycles. The molecule has 0 bridgehead atoms. The van der Waals surface area contributed by atoms with Crippen LogP contribution in [0.5, 0.6) is 0 Å². The van der Waals surface area contributed by atoms with Gasteiger partial charge < -0.3 is 10.2 Å². The first kappa shape index (κ1) is 9.77. The lowest BCUT2D eigenvalue weighted by atomic mass is 9.81. The van der Waals surface area contributed by atoms with E-state index in [9.17, 15) is 0 Å². The summed E-state index contributed by atoms with van der Waals surface area (Å²) in [5, 5.41) is 3.28. The summed E-state index contributed by atoms with van der Waals surface area (Å²) in [5.74, 6) is 0. The van der Waals surface area contributed by atoms with Crippen molar-refractivity contribution in [2.75, 3.05) is 7.05 Å². The predicted octanol–water partition coefficient (Wildman–Crippen LogP) is 2.74. The van der Waals surface area contributed by atoms with Gasteiger partial charge in [0, 0.05) is 30.7 Å². The minimum atomic E-state index is -0.121. The van der Waals surface area contributed by atoms with Gasteiger partial charge in [-0.15, -0.1) is 0 Å². The second kappa shape index (κ2) is 3.16. The standard InChI is InChI=1S/C16H14N2/c1-17-15-6-9-16-13-5-3-2-4-12(13)7-10-18(16)11-8-14(15)16/h2-11,17H,1H3. The third-order valence-corrected chi connectivity index (χ3v) is 4.06. The molecule has 4 rings (SSSR count). The molecule has 1 N–H and O–H groups in total. The van der Waals surface area contributed by atoms with Gasteiger partial charge in [0.15, 0.2) is 0 Å². The van der Waals surface area contributed by atoms with E-state index in [0.717, 1.165) is 0 Å². The molecule has 88 valence electrons. The first-order valence-corrected chi connectivity index (χ1v) is 6.22. The molecular formula is C16H14N2. The summed E-state index contributed by atoms with van der Waals surface area (Å²) in [5.41, 5.74) is 5.08. The highest BCUT2D eigenvalue weighted by Gasteiger charge is 2.46. The Labute approximate surface area is 107 Å². The van der Waals surface area contributed by atoms with Crippen LogP contribution in [0.2, 0.25) is 0 Å². The second-order valence-electron chi connectivity index (χ2n) is 4.80. The summed E-state index contributed by atoms with van der Waals surface area (Å²) in [7, 11) is 1.98. The van der Waals surface area contributed by atoms with Crippen molar-refractivity contribution in [3.05, 3.63) is 77.3 Å². The maximum atomic E-state index is 3.28. The topological polar surface area (TPSA) is 15.3 Å². The Balaban J connectivity index is 2.04. The van der Waals surface area contributed by atoms with Crippen molar-refractivity contribution in [3.63, 3.8) is 0 Å². The number of fused-ring (bicyclic) bond motifs is 1. The lowest BCUT2D eigenvalue weighted by molar-refractivity contribution is 0.346. The zero-order chi connectivity index (χ0) is 12.2. The van der Waals surface area contributed by atoms with Crippen LogP contribution in [0.15, 0.2) is 66.2 Å². The van der Waals surface area contributed by atoms with Gasteiger partial charge in [0.25, 0.3) is 0 Å². The summed E-state index contributed by atoms with van der Waals surface area (Å²) in [6, 6.07) is 8.62. The van der Waals surface area contributed by atoms with E-state index in [1.165, 1.54) is 22.4 Å². The van der Waals surface area contributed by atoms with E-state index in [1.807, 2.05) is 7.05 Å². The van der Waals surface area contributed by atoms with Crippen molar-refractivity contribution in [1.82, 2.24) is 10.2 Å². The van der Waals surface area contributed by atoms with Crippen molar-refractivity contribution >= 4 is 6.08 Å². The highest BCUT2D eigenvalue weighted by molar-refractivity contribution is 5.69. The summed E-state index contributed by atoms with van der Waals surface area (Å²) in [4.78, 5) is 2.28. The van der Waals surface area contributed by atoms with Gasteiger partial charge in [0.05, 0.1) is 0 Å². The average molecular weight is 234 g/mol. The molecule has 0 saturated carbocycles. The van der Waals surface area contributed by atoms with E-state index in [0.29, 0.717) is 0 Å². The first-order valence-electron chi connectivity index (χ1n) is 6.22. The van der Waals surface area contributed by atoms with Gasteiger partial charge >= 0.3 is 0 Å². The number of likely N-dealkylation sites (N-methyl/N-ethyl adjacent to an activating group) is 1. The molecule has 3 aliphatic rings. The summed E-state index contributed by atoms with van der Waals surface area (Å²) >= 11 is 0. The number of benzene rings is 1. The van der Waals surface area contributed by atoms with Crippen LogP contribution in [0.3, 0.4) is 0 Å². The monoisotopic (exact) mass is 234 g/mol. The van der Waals surface area contributed by atoms with Gasteiger partial charge in [0.2, 0.25) is 0 Å². The molecule has 0 fully saturated rings. The largest absolute Gasteiger partial charge is 0.388 e. The number of nitrogens with zero attached hydrogens (tertiary/aromatic N) is 1. The molecular weight excluding hydrogens is 220 g/mol. The van der Waals surface area contributed by atoms with Crippen LogP contribution in [0, 0.1) is 0 Å². The molecule has 2 nitrogen and oxygen atoms in total. The molecule has 1 aromatic carbocycles. The number of rotatable bonds is 1. The highest BCUT2D eigenvalue weighted by Crippen LogP contribution is 2.50. The van der Waals surface area contributed by atoms with Crippen molar-refractivity contribution in [2.24, 2.45) is 0 Å². The van der Waals surface area contributed by atoms with Gasteiger partial charge in [0.1, 0.15) is 5.54 Å². The van der Waals surface area contributed by atoms with Crippen molar-refractivity contribution in [1.29, 1.82) is 0 Å². The fourth-order valence-corrected chi connectivity index (χ4v) is 3.21. The van der Waals surface area contributed by atoms with Crippen LogP contribution in [-0.2, 0) is 5.54 Å². The SMILES string of the molecule is CNC1=C2C=CN3C=Cc4ccccc4C23C=C1. The van der Waals surface area contributed by atoms with Crippen LogP contribution >= 0.6 is 0 Å². The summed E-state index contributed by atoms with van der Waals surface area (Å²) in [6.07, 6.45) is 13.2. The zero-order valence-electron chi connectivity index (χ0n) is 10.2. The van der Waals surface area contributed by atoms with E-state index in [1.54, 1.807) is 0 Å². The molecule has 2 heterocycles. The molecule has 2 aliphatic heterocycles. The van der Waals surface area contributed by atoms with Crippen molar-refractivity contribution in [3.8, 4) is 0 Å². The number of nitrogens with one attached hydrogen (secondary N) is 1.